The molecule has 0 bridgehead atoms. The van der Waals surface area contributed by atoms with Crippen LogP contribution < -0.4 is 21.6 Å². The Kier molecular flexibility index (Phi) is 9.23. The largest absolute Gasteiger partial charge is 0.418 e. The van der Waals surface area contributed by atoms with Crippen molar-refractivity contribution in [2.75, 3.05) is 49.9 Å². The summed E-state index contributed by atoms with van der Waals surface area (Å²) in [5, 5.41) is 3.36. The molecule has 0 radical (unpaired) electrons. The maximum atomic E-state index is 14.0. The predicted molar refractivity (Wildman–Crippen MR) is 188 cm³/mol. The highest BCUT2D eigenvalue weighted by atomic mass is 35.5. The highest BCUT2D eigenvalue weighted by molar-refractivity contribution is 6.33. The first-order chi connectivity index (χ1) is 24.5. The van der Waals surface area contributed by atoms with Gasteiger partial charge in [-0.3, -0.25) is 19.3 Å². The summed E-state index contributed by atoms with van der Waals surface area (Å²) in [6.07, 6.45) is 0.972. The zero-order chi connectivity index (χ0) is 35.9. The van der Waals surface area contributed by atoms with Crippen LogP contribution in [0.1, 0.15) is 30.0 Å². The third kappa shape index (κ3) is 6.89. The van der Waals surface area contributed by atoms with Crippen LogP contribution >= 0.6 is 11.6 Å². The van der Waals surface area contributed by atoms with Crippen molar-refractivity contribution in [3.63, 3.8) is 0 Å². The average Bonchev–Trinajstić information content (AvgIpc) is 3.48. The number of para-hydroxylation sites is 1. The number of hydrogen-bond acceptors (Lipinski definition) is 7. The Morgan fingerprint density at radius 3 is 2.41 bits per heavy atom. The Hall–Kier alpha value is -5.31. The van der Waals surface area contributed by atoms with Crippen molar-refractivity contribution in [1.29, 1.82) is 0 Å². The van der Waals surface area contributed by atoms with E-state index in [-0.39, 0.29) is 41.8 Å². The molecule has 1 atom stereocenters. The highest BCUT2D eigenvalue weighted by Gasteiger charge is 2.36. The number of pyridine rings is 2. The number of halogens is 4. The Labute approximate surface area is 295 Å². The Morgan fingerprint density at radius 1 is 1.00 bits per heavy atom. The van der Waals surface area contributed by atoms with Crippen LogP contribution in [0.5, 0.6) is 0 Å². The summed E-state index contributed by atoms with van der Waals surface area (Å²) in [4.78, 5) is 57.6. The van der Waals surface area contributed by atoms with Crippen LogP contribution in [-0.2, 0) is 17.4 Å². The fourth-order valence-electron chi connectivity index (χ4n) is 7.07. The van der Waals surface area contributed by atoms with Gasteiger partial charge in [0.2, 0.25) is 5.91 Å². The van der Waals surface area contributed by atoms with E-state index in [9.17, 15) is 27.6 Å². The molecule has 12 nitrogen and oxygen atoms in total. The number of nitrogens with two attached hydrogens (primary N) is 1. The quantitative estimate of drug-likeness (QED) is 0.213. The first-order valence-corrected chi connectivity index (χ1v) is 17.0. The molecule has 0 unspecified atom stereocenters. The third-order valence-corrected chi connectivity index (χ3v) is 10.0. The van der Waals surface area contributed by atoms with Gasteiger partial charge < -0.3 is 30.7 Å². The standard InChI is InChI=1S/C35H35ClF3N9O3/c36-26-18-21(17-25(30(26)40)35(37,38)39)19-28(32(49)46-15-13-45(14-16-46)22-5-9-41-10-6-22)43-33(50)47-11-7-23(8-12-47)48-29-20-42-27-4-2-1-3-24(27)31(29)44-34(48)51/h1-6,9-10,17-18,20,23,28H,7-8,11-16,19,40H2,(H,43,50)(H,44,51)/t28-/m1/s1. The summed E-state index contributed by atoms with van der Waals surface area (Å²) in [6.45, 7) is 2.31. The fraction of sp³-hybridized carbons (Fsp3) is 0.343. The molecule has 2 saturated heterocycles. The van der Waals surface area contributed by atoms with Crippen LogP contribution in [0.2, 0.25) is 5.02 Å². The molecule has 2 fully saturated rings. The van der Waals surface area contributed by atoms with E-state index in [1.54, 1.807) is 33.0 Å². The van der Waals surface area contributed by atoms with Gasteiger partial charge in [0.05, 0.1) is 39.0 Å². The number of urea groups is 1. The second kappa shape index (κ2) is 13.8. The number of likely N-dealkylation sites (tertiary alicyclic amines) is 1. The maximum absolute atomic E-state index is 14.0. The first kappa shape index (κ1) is 34.2. The van der Waals surface area contributed by atoms with E-state index >= 15 is 0 Å². The number of imidazole rings is 1. The van der Waals surface area contributed by atoms with Crippen molar-refractivity contribution in [2.45, 2.75) is 37.5 Å². The third-order valence-electron chi connectivity index (χ3n) is 9.73. The van der Waals surface area contributed by atoms with Crippen LogP contribution in [0.3, 0.4) is 0 Å². The van der Waals surface area contributed by atoms with Crippen molar-refractivity contribution in [1.82, 2.24) is 34.6 Å². The number of nitrogens with one attached hydrogen (secondary N) is 2. The lowest BCUT2D eigenvalue weighted by Crippen LogP contribution is -2.57. The van der Waals surface area contributed by atoms with Crippen LogP contribution in [-0.4, -0.2) is 86.6 Å². The molecule has 2 aliphatic heterocycles. The molecule has 5 heterocycles. The number of carbonyl (C=O) groups excluding carboxylic acids is 2. The summed E-state index contributed by atoms with van der Waals surface area (Å²) in [5.41, 5.74) is 6.89. The van der Waals surface area contributed by atoms with E-state index in [1.165, 1.54) is 6.07 Å². The monoisotopic (exact) mass is 721 g/mol. The molecular formula is C35H35ClF3N9O3. The van der Waals surface area contributed by atoms with E-state index in [0.717, 1.165) is 22.7 Å². The molecule has 0 aliphatic carbocycles. The van der Waals surface area contributed by atoms with E-state index in [1.807, 2.05) is 36.4 Å². The summed E-state index contributed by atoms with van der Waals surface area (Å²) >= 11 is 6.11. The molecule has 16 heteroatoms. The van der Waals surface area contributed by atoms with E-state index < -0.39 is 35.4 Å². The number of nitrogen functional groups attached to an aromatic ring is 1. The zero-order valence-corrected chi connectivity index (χ0v) is 28.1. The molecule has 3 amide bonds. The predicted octanol–water partition coefficient (Wildman–Crippen LogP) is 4.83. The molecule has 5 aromatic rings. The molecule has 266 valence electrons. The van der Waals surface area contributed by atoms with Gasteiger partial charge >= 0.3 is 17.9 Å². The van der Waals surface area contributed by atoms with Gasteiger partial charge in [-0.05, 0) is 48.7 Å². The van der Waals surface area contributed by atoms with E-state index in [2.05, 4.69) is 25.2 Å². The minimum Gasteiger partial charge on any atom is -0.397 e. The van der Waals surface area contributed by atoms with Crippen molar-refractivity contribution < 1.29 is 22.8 Å². The molecule has 3 aromatic heterocycles. The van der Waals surface area contributed by atoms with Crippen LogP contribution in [0.25, 0.3) is 21.9 Å². The number of aromatic nitrogens is 4. The summed E-state index contributed by atoms with van der Waals surface area (Å²) in [7, 11) is 0. The second-order valence-electron chi connectivity index (χ2n) is 12.8. The normalized spacial score (nSPS) is 16.5. The van der Waals surface area contributed by atoms with E-state index in [4.69, 9.17) is 17.3 Å². The molecule has 7 rings (SSSR count). The van der Waals surface area contributed by atoms with Gasteiger partial charge in [-0.25, -0.2) is 9.59 Å². The number of amides is 3. The van der Waals surface area contributed by atoms with Gasteiger partial charge in [0, 0.05) is 75.2 Å². The van der Waals surface area contributed by atoms with Crippen molar-refractivity contribution >= 4 is 56.9 Å². The first-order valence-electron chi connectivity index (χ1n) is 16.6. The number of piperazine rings is 1. The van der Waals surface area contributed by atoms with Gasteiger partial charge in [0.1, 0.15) is 6.04 Å². The van der Waals surface area contributed by atoms with Gasteiger partial charge in [-0.2, -0.15) is 13.2 Å². The summed E-state index contributed by atoms with van der Waals surface area (Å²) < 4.78 is 43.1. The maximum Gasteiger partial charge on any atom is 0.418 e. The van der Waals surface area contributed by atoms with Gasteiger partial charge in [0.15, 0.2) is 0 Å². The number of fused-ring (bicyclic) bond motifs is 3. The van der Waals surface area contributed by atoms with Crippen LogP contribution in [0.15, 0.2) is 71.9 Å². The number of alkyl halides is 3. The van der Waals surface area contributed by atoms with E-state index in [0.29, 0.717) is 50.1 Å². The minimum atomic E-state index is -4.77. The molecular weight excluding hydrogens is 687 g/mol. The Bertz CT molecular complexity index is 2140. The number of rotatable bonds is 6. The fourth-order valence-corrected chi connectivity index (χ4v) is 7.32. The van der Waals surface area contributed by atoms with Crippen LogP contribution in [0.4, 0.5) is 29.3 Å². The number of carbonyl (C=O) groups is 2. The number of nitrogens with zero attached hydrogens (tertiary/aromatic N) is 6. The lowest BCUT2D eigenvalue weighted by molar-refractivity contribution is -0.137. The number of piperidine rings is 1. The lowest BCUT2D eigenvalue weighted by atomic mass is 10.0. The number of anilines is 2. The van der Waals surface area contributed by atoms with Crippen molar-refractivity contribution in [3.8, 4) is 0 Å². The molecule has 0 saturated carbocycles. The molecule has 0 spiro atoms. The van der Waals surface area contributed by atoms with Gasteiger partial charge in [0.25, 0.3) is 0 Å². The Morgan fingerprint density at radius 2 is 1.71 bits per heavy atom. The smallest absolute Gasteiger partial charge is 0.397 e. The minimum absolute atomic E-state index is 0.106. The Balaban J connectivity index is 1.08. The lowest BCUT2D eigenvalue weighted by Gasteiger charge is -2.38. The van der Waals surface area contributed by atoms with Crippen molar-refractivity contribution in [2.24, 2.45) is 0 Å². The topological polar surface area (TPSA) is 145 Å². The summed E-state index contributed by atoms with van der Waals surface area (Å²) in [6, 6.07) is 11.5. The average molecular weight is 722 g/mol. The summed E-state index contributed by atoms with van der Waals surface area (Å²) in [5.74, 6) is -0.417. The van der Waals surface area contributed by atoms with Crippen molar-refractivity contribution in [3.05, 3.63) is 93.8 Å². The SMILES string of the molecule is Nc1c(Cl)cc(C[C@@H](NC(=O)N2CCC(n3c(=O)[nH]c4c5ccccc5ncc43)CC2)C(=O)N2CCN(c3ccncc3)CC2)cc1C(F)(F)F. The number of benzene rings is 2. The molecule has 51 heavy (non-hydrogen) atoms. The molecule has 2 aromatic carbocycles. The second-order valence-corrected chi connectivity index (χ2v) is 13.2. The molecule has 2 aliphatic rings. The van der Waals surface area contributed by atoms with Gasteiger partial charge in [-0.1, -0.05) is 29.8 Å². The molecule has 4 N–H and O–H groups in total. The number of aromatic amines is 1. The number of H-pyrrole nitrogens is 1. The highest BCUT2D eigenvalue weighted by Crippen LogP contribution is 2.38. The number of hydrogen-bond donors (Lipinski definition) is 3. The van der Waals surface area contributed by atoms with Gasteiger partial charge in [-0.15, -0.1) is 0 Å². The van der Waals surface area contributed by atoms with Crippen LogP contribution in [0, 0.1) is 0 Å². The zero-order valence-electron chi connectivity index (χ0n) is 27.4.